The van der Waals surface area contributed by atoms with Gasteiger partial charge in [-0.1, -0.05) is 42.5 Å². The molecule has 26 heavy (non-hydrogen) atoms. The molecule has 0 spiro atoms. The van der Waals surface area contributed by atoms with Gasteiger partial charge in [0.25, 0.3) is 0 Å². The average molecular weight is 372 g/mol. The Bertz CT molecular complexity index is 920. The summed E-state index contributed by atoms with van der Waals surface area (Å²) < 4.78 is 23.1. The molecule has 138 valence electrons. The average Bonchev–Trinajstić information content (AvgIpc) is 3.20. The Hall–Kier alpha value is -1.92. The first-order valence-electron chi connectivity index (χ1n) is 9.23. The summed E-state index contributed by atoms with van der Waals surface area (Å²) in [6.45, 7) is 1.22. The highest BCUT2D eigenvalue weighted by Crippen LogP contribution is 2.35. The molecule has 6 heteroatoms. The molecule has 2 heterocycles. The minimum atomic E-state index is -2.97. The second kappa shape index (κ2) is 7.00. The number of sulfone groups is 1. The zero-order valence-electron chi connectivity index (χ0n) is 14.7. The Kier molecular flexibility index (Phi) is 4.71. The van der Waals surface area contributed by atoms with E-state index >= 15 is 0 Å². The predicted molar refractivity (Wildman–Crippen MR) is 103 cm³/mol. The lowest BCUT2D eigenvalue weighted by Gasteiger charge is -2.26. The van der Waals surface area contributed by atoms with Crippen molar-refractivity contribution in [3.63, 3.8) is 0 Å². The van der Waals surface area contributed by atoms with Crippen LogP contribution in [0.25, 0.3) is 10.8 Å². The maximum Gasteiger partial charge on any atom is 0.234 e. The monoisotopic (exact) mass is 372 g/mol. The van der Waals surface area contributed by atoms with Crippen LogP contribution in [0.4, 0.5) is 0 Å². The van der Waals surface area contributed by atoms with Crippen molar-refractivity contribution in [3.05, 3.63) is 48.0 Å². The Morgan fingerprint density at radius 2 is 1.92 bits per heavy atom. The van der Waals surface area contributed by atoms with Crippen LogP contribution in [0.15, 0.2) is 42.5 Å². The van der Waals surface area contributed by atoms with Crippen LogP contribution in [0.1, 0.15) is 30.9 Å². The fourth-order valence-corrected chi connectivity index (χ4v) is 5.95. The molecule has 5 nitrogen and oxygen atoms in total. The van der Waals surface area contributed by atoms with Crippen molar-refractivity contribution in [2.45, 2.75) is 31.3 Å². The number of fused-ring (bicyclic) bond motifs is 1. The third-order valence-corrected chi connectivity index (χ3v) is 7.26. The molecule has 2 fully saturated rings. The van der Waals surface area contributed by atoms with Gasteiger partial charge < -0.3 is 5.32 Å². The molecule has 0 unspecified atom stereocenters. The van der Waals surface area contributed by atoms with E-state index in [1.165, 1.54) is 16.3 Å². The Balaban J connectivity index is 1.47. The second-order valence-corrected chi connectivity index (χ2v) is 9.59. The molecule has 0 aromatic heterocycles. The quantitative estimate of drug-likeness (QED) is 0.894. The lowest BCUT2D eigenvalue weighted by molar-refractivity contribution is -0.123. The highest BCUT2D eigenvalue weighted by atomic mass is 32.2. The molecule has 1 N–H and O–H groups in total. The number of nitrogens with one attached hydrogen (secondary N) is 1. The summed E-state index contributed by atoms with van der Waals surface area (Å²) in [5, 5.41) is 5.38. The Labute approximate surface area is 154 Å². The number of rotatable bonds is 4. The van der Waals surface area contributed by atoms with Crippen LogP contribution >= 0.6 is 0 Å². The van der Waals surface area contributed by atoms with E-state index in [9.17, 15) is 13.2 Å². The molecule has 2 aromatic rings. The van der Waals surface area contributed by atoms with Crippen molar-refractivity contribution in [3.8, 4) is 0 Å². The number of carbonyl (C=O) groups excluding carboxylic acids is 1. The number of amides is 1. The molecular formula is C20H24N2O3S. The van der Waals surface area contributed by atoms with Crippen molar-refractivity contribution < 1.29 is 13.2 Å². The Morgan fingerprint density at radius 3 is 2.73 bits per heavy atom. The molecule has 2 atom stereocenters. The summed E-state index contributed by atoms with van der Waals surface area (Å²) in [4.78, 5) is 14.7. The van der Waals surface area contributed by atoms with Gasteiger partial charge in [-0.3, -0.25) is 9.69 Å². The minimum absolute atomic E-state index is 0.0702. The maximum absolute atomic E-state index is 12.5. The minimum Gasteiger partial charge on any atom is -0.351 e. The van der Waals surface area contributed by atoms with E-state index in [1.807, 2.05) is 6.07 Å². The van der Waals surface area contributed by atoms with E-state index in [0.717, 1.165) is 19.4 Å². The second-order valence-electron chi connectivity index (χ2n) is 7.36. The molecular weight excluding hydrogens is 348 g/mol. The molecule has 1 amide bonds. The van der Waals surface area contributed by atoms with Crippen LogP contribution in [0.3, 0.4) is 0 Å². The van der Waals surface area contributed by atoms with Crippen molar-refractivity contribution in [1.82, 2.24) is 10.2 Å². The highest BCUT2D eigenvalue weighted by molar-refractivity contribution is 7.91. The van der Waals surface area contributed by atoms with Crippen molar-refractivity contribution in [1.29, 1.82) is 0 Å². The molecule has 0 aliphatic carbocycles. The summed E-state index contributed by atoms with van der Waals surface area (Å²) in [5.74, 6) is 0.186. The Morgan fingerprint density at radius 1 is 1.12 bits per heavy atom. The maximum atomic E-state index is 12.5. The van der Waals surface area contributed by atoms with Gasteiger partial charge in [0.2, 0.25) is 5.91 Å². The molecule has 0 bridgehead atoms. The lowest BCUT2D eigenvalue weighted by Crippen LogP contribution is -2.42. The zero-order chi connectivity index (χ0) is 18.1. The van der Waals surface area contributed by atoms with Crippen LogP contribution in [0.2, 0.25) is 0 Å². The van der Waals surface area contributed by atoms with Gasteiger partial charge in [0, 0.05) is 12.1 Å². The standard InChI is InChI=1S/C20H24N2O3S/c23-20(21-16-10-12-26(24,25)14-16)13-22-11-4-9-19(22)18-8-3-6-15-5-1-2-7-17(15)18/h1-3,5-8,16,19H,4,9-14H2,(H,21,23)/t16-,19+/m1/s1. The first-order valence-corrected chi connectivity index (χ1v) is 11.1. The number of hydrogen-bond donors (Lipinski definition) is 1. The van der Waals surface area contributed by atoms with E-state index in [-0.39, 0.29) is 29.5 Å². The molecule has 2 aromatic carbocycles. The number of nitrogens with zero attached hydrogens (tertiary/aromatic N) is 1. The number of likely N-dealkylation sites (tertiary alicyclic amines) is 1. The predicted octanol–water partition coefficient (Wildman–Crippen LogP) is 2.28. The SMILES string of the molecule is O=C(CN1CCC[C@H]1c1cccc2ccccc12)N[C@@H]1CCS(=O)(=O)C1. The number of benzene rings is 2. The fraction of sp³-hybridized carbons (Fsp3) is 0.450. The van der Waals surface area contributed by atoms with Gasteiger partial charge in [-0.2, -0.15) is 0 Å². The van der Waals surface area contributed by atoms with E-state index in [4.69, 9.17) is 0 Å². The van der Waals surface area contributed by atoms with Gasteiger partial charge >= 0.3 is 0 Å². The van der Waals surface area contributed by atoms with Gasteiger partial charge in [-0.05, 0) is 42.1 Å². The van der Waals surface area contributed by atoms with Gasteiger partial charge in [0.1, 0.15) is 0 Å². The first-order chi connectivity index (χ1) is 12.5. The van der Waals surface area contributed by atoms with Gasteiger partial charge in [-0.25, -0.2) is 8.42 Å². The van der Waals surface area contributed by atoms with E-state index < -0.39 is 9.84 Å². The summed E-state index contributed by atoms with van der Waals surface area (Å²) >= 11 is 0. The van der Waals surface area contributed by atoms with Crippen LogP contribution < -0.4 is 5.32 Å². The molecule has 4 rings (SSSR count). The number of hydrogen-bond acceptors (Lipinski definition) is 4. The third-order valence-electron chi connectivity index (χ3n) is 5.49. The largest absolute Gasteiger partial charge is 0.351 e. The van der Waals surface area contributed by atoms with Crippen LogP contribution in [-0.4, -0.2) is 49.9 Å². The third kappa shape index (κ3) is 3.62. The molecule has 0 radical (unpaired) electrons. The topological polar surface area (TPSA) is 66.5 Å². The fourth-order valence-electron chi connectivity index (χ4n) is 4.28. The van der Waals surface area contributed by atoms with Crippen molar-refractivity contribution in [2.75, 3.05) is 24.6 Å². The summed E-state index contributed by atoms with van der Waals surface area (Å²) in [5.41, 5.74) is 1.27. The molecule has 2 aliphatic rings. The highest BCUT2D eigenvalue weighted by Gasteiger charge is 2.32. The lowest BCUT2D eigenvalue weighted by atomic mass is 9.97. The zero-order valence-corrected chi connectivity index (χ0v) is 15.5. The summed E-state index contributed by atoms with van der Waals surface area (Å²) in [6, 6.07) is 14.7. The van der Waals surface area contributed by atoms with Crippen molar-refractivity contribution in [2.24, 2.45) is 0 Å². The summed E-state index contributed by atoms with van der Waals surface area (Å²) in [7, 11) is -2.97. The number of carbonyl (C=O) groups is 1. The van der Waals surface area contributed by atoms with Gasteiger partial charge in [0.15, 0.2) is 9.84 Å². The van der Waals surface area contributed by atoms with Crippen LogP contribution in [0.5, 0.6) is 0 Å². The molecule has 2 aliphatic heterocycles. The van der Waals surface area contributed by atoms with E-state index in [0.29, 0.717) is 13.0 Å². The van der Waals surface area contributed by atoms with Crippen LogP contribution in [-0.2, 0) is 14.6 Å². The van der Waals surface area contributed by atoms with Gasteiger partial charge in [-0.15, -0.1) is 0 Å². The normalized spacial score (nSPS) is 25.5. The smallest absolute Gasteiger partial charge is 0.234 e. The van der Waals surface area contributed by atoms with Gasteiger partial charge in [0.05, 0.1) is 18.1 Å². The first kappa shape index (κ1) is 17.5. The summed E-state index contributed by atoms with van der Waals surface area (Å²) in [6.07, 6.45) is 2.64. The molecule has 2 saturated heterocycles. The molecule has 0 saturated carbocycles. The van der Waals surface area contributed by atoms with Crippen molar-refractivity contribution >= 4 is 26.5 Å². The van der Waals surface area contributed by atoms with E-state index in [1.54, 1.807) is 0 Å². The van der Waals surface area contributed by atoms with Crippen LogP contribution in [0, 0.1) is 0 Å². The van der Waals surface area contributed by atoms with E-state index in [2.05, 4.69) is 46.6 Å².